The molecule has 18 heavy (non-hydrogen) atoms. The molecule has 0 radical (unpaired) electrons. The fourth-order valence-corrected chi connectivity index (χ4v) is 2.54. The van der Waals surface area contributed by atoms with E-state index in [1.165, 1.54) is 6.33 Å². The topological polar surface area (TPSA) is 85.0 Å². The summed E-state index contributed by atoms with van der Waals surface area (Å²) >= 11 is 0. The lowest BCUT2D eigenvalue weighted by molar-refractivity contribution is 0.147. The number of hydrogen-bond donors (Lipinski definition) is 3. The van der Waals surface area contributed by atoms with E-state index in [1.807, 2.05) is 13.1 Å². The van der Waals surface area contributed by atoms with Crippen LogP contribution < -0.4 is 5.56 Å². The monoisotopic (exact) mass is 248 g/mol. The number of nitrogens with zero attached hydrogens (tertiary/aromatic N) is 2. The van der Waals surface area contributed by atoms with E-state index in [4.69, 9.17) is 0 Å². The van der Waals surface area contributed by atoms with Crippen molar-refractivity contribution < 1.29 is 5.11 Å². The maximum atomic E-state index is 11.6. The second-order valence-electron chi connectivity index (χ2n) is 5.01. The molecule has 0 aliphatic carbocycles. The molecule has 6 heteroatoms. The number of H-pyrrole nitrogens is 2. The van der Waals surface area contributed by atoms with Crippen molar-refractivity contribution in [1.82, 2.24) is 19.9 Å². The van der Waals surface area contributed by atoms with Gasteiger partial charge in [-0.15, -0.1) is 0 Å². The first kappa shape index (κ1) is 11.4. The van der Waals surface area contributed by atoms with Gasteiger partial charge in [0.15, 0.2) is 0 Å². The number of hydrogen-bond acceptors (Lipinski definition) is 4. The minimum absolute atomic E-state index is 0.152. The zero-order valence-corrected chi connectivity index (χ0v) is 10.2. The van der Waals surface area contributed by atoms with E-state index in [1.54, 1.807) is 0 Å². The van der Waals surface area contributed by atoms with Crippen LogP contribution in [0.3, 0.4) is 0 Å². The van der Waals surface area contributed by atoms with Gasteiger partial charge in [-0.05, 0) is 5.92 Å². The van der Waals surface area contributed by atoms with Gasteiger partial charge in [-0.25, -0.2) is 4.98 Å². The molecule has 1 aliphatic heterocycles. The van der Waals surface area contributed by atoms with Crippen LogP contribution in [0.2, 0.25) is 0 Å². The largest absolute Gasteiger partial charge is 0.391 e. The van der Waals surface area contributed by atoms with Gasteiger partial charge in [-0.3, -0.25) is 9.69 Å². The summed E-state index contributed by atoms with van der Waals surface area (Å²) in [5, 5.41) is 9.73. The highest BCUT2D eigenvalue weighted by molar-refractivity contribution is 5.77. The lowest BCUT2D eigenvalue weighted by Crippen LogP contribution is -2.21. The van der Waals surface area contributed by atoms with Gasteiger partial charge >= 0.3 is 0 Å². The maximum absolute atomic E-state index is 11.6. The molecule has 0 aromatic carbocycles. The average molecular weight is 248 g/mol. The number of fused-ring (bicyclic) bond motifs is 1. The number of nitrogens with one attached hydrogen (secondary N) is 2. The number of rotatable bonds is 2. The van der Waals surface area contributed by atoms with Gasteiger partial charge in [0.1, 0.15) is 5.52 Å². The van der Waals surface area contributed by atoms with E-state index in [9.17, 15) is 9.90 Å². The zero-order valence-electron chi connectivity index (χ0n) is 10.2. The van der Waals surface area contributed by atoms with Crippen LogP contribution in [0.4, 0.5) is 0 Å². The lowest BCUT2D eigenvalue weighted by atomic mass is 10.1. The van der Waals surface area contributed by atoms with Crippen molar-refractivity contribution in [3.05, 3.63) is 28.4 Å². The molecule has 1 saturated heterocycles. The van der Waals surface area contributed by atoms with Crippen molar-refractivity contribution in [2.75, 3.05) is 13.1 Å². The molecule has 3 heterocycles. The van der Waals surface area contributed by atoms with Crippen LogP contribution >= 0.6 is 0 Å². The van der Waals surface area contributed by atoms with Gasteiger partial charge in [0.25, 0.3) is 5.56 Å². The number of likely N-dealkylation sites (tertiary alicyclic amines) is 1. The van der Waals surface area contributed by atoms with Crippen LogP contribution in [0, 0.1) is 5.92 Å². The van der Waals surface area contributed by atoms with Gasteiger partial charge < -0.3 is 15.1 Å². The number of aromatic nitrogens is 3. The molecule has 3 N–H and O–H groups in total. The number of aliphatic hydroxyl groups is 1. The Kier molecular flexibility index (Phi) is 2.68. The predicted octanol–water partition coefficient (Wildman–Crippen LogP) is 0.0638. The van der Waals surface area contributed by atoms with E-state index in [0.717, 1.165) is 12.1 Å². The van der Waals surface area contributed by atoms with Crippen LogP contribution in [0.15, 0.2) is 17.3 Å². The summed E-state index contributed by atoms with van der Waals surface area (Å²) in [7, 11) is 0. The molecule has 0 spiro atoms. The van der Waals surface area contributed by atoms with Crippen LogP contribution in [-0.2, 0) is 6.54 Å². The minimum Gasteiger partial charge on any atom is -0.391 e. The van der Waals surface area contributed by atoms with Crippen molar-refractivity contribution in [3.63, 3.8) is 0 Å². The number of β-amino-alcohol motifs (C(OH)–C–C–N with tert-alkyl or cyclic N) is 1. The molecule has 2 aromatic heterocycles. The summed E-state index contributed by atoms with van der Waals surface area (Å²) in [6.07, 6.45) is 2.98. The predicted molar refractivity (Wildman–Crippen MR) is 67.2 cm³/mol. The Balaban J connectivity index is 1.88. The second-order valence-corrected chi connectivity index (χ2v) is 5.01. The molecule has 6 nitrogen and oxygen atoms in total. The van der Waals surface area contributed by atoms with E-state index < -0.39 is 0 Å². The van der Waals surface area contributed by atoms with E-state index in [0.29, 0.717) is 30.0 Å². The molecule has 0 amide bonds. The molecule has 2 aromatic rings. The summed E-state index contributed by atoms with van der Waals surface area (Å²) in [5.41, 5.74) is 2.08. The Morgan fingerprint density at radius 2 is 2.33 bits per heavy atom. The molecular formula is C12H16N4O2. The molecule has 2 atom stereocenters. The van der Waals surface area contributed by atoms with Gasteiger partial charge in [-0.2, -0.15) is 0 Å². The Hall–Kier alpha value is -1.66. The first-order chi connectivity index (χ1) is 8.65. The van der Waals surface area contributed by atoms with Gasteiger partial charge in [-0.1, -0.05) is 6.92 Å². The van der Waals surface area contributed by atoms with E-state index in [-0.39, 0.29) is 11.7 Å². The van der Waals surface area contributed by atoms with Crippen molar-refractivity contribution in [2.24, 2.45) is 5.92 Å². The third kappa shape index (κ3) is 1.83. The van der Waals surface area contributed by atoms with Crippen molar-refractivity contribution in [2.45, 2.75) is 19.6 Å². The summed E-state index contributed by atoms with van der Waals surface area (Å²) < 4.78 is 0. The highest BCUT2D eigenvalue weighted by Crippen LogP contribution is 2.20. The van der Waals surface area contributed by atoms with Crippen LogP contribution in [-0.4, -0.2) is 44.2 Å². The lowest BCUT2D eigenvalue weighted by Gasteiger charge is -2.13. The SMILES string of the molecule is C[C@@H]1CN(Cc2c[nH]c3c(=O)[nH]cnc23)C[C@H]1O. The maximum Gasteiger partial charge on any atom is 0.275 e. The highest BCUT2D eigenvalue weighted by atomic mass is 16.3. The van der Waals surface area contributed by atoms with E-state index >= 15 is 0 Å². The van der Waals surface area contributed by atoms with Crippen molar-refractivity contribution in [1.29, 1.82) is 0 Å². The summed E-state index contributed by atoms with van der Waals surface area (Å²) in [4.78, 5) is 23.4. The van der Waals surface area contributed by atoms with Gasteiger partial charge in [0.05, 0.1) is 17.9 Å². The fraction of sp³-hybridized carbons (Fsp3) is 0.500. The summed E-state index contributed by atoms with van der Waals surface area (Å²) in [6, 6.07) is 0. The zero-order chi connectivity index (χ0) is 12.7. The minimum atomic E-state index is -0.258. The Labute approximate surface area is 104 Å². The van der Waals surface area contributed by atoms with Crippen molar-refractivity contribution in [3.8, 4) is 0 Å². The second kappa shape index (κ2) is 4.22. The van der Waals surface area contributed by atoms with Gasteiger partial charge in [0, 0.05) is 31.4 Å². The molecule has 1 aliphatic rings. The van der Waals surface area contributed by atoms with Crippen LogP contribution in [0.1, 0.15) is 12.5 Å². The Morgan fingerprint density at radius 1 is 1.50 bits per heavy atom. The summed E-state index contributed by atoms with van der Waals surface area (Å²) in [6.45, 7) is 4.30. The number of aromatic amines is 2. The quantitative estimate of drug-likeness (QED) is 0.702. The molecule has 0 bridgehead atoms. The fourth-order valence-electron chi connectivity index (χ4n) is 2.54. The van der Waals surface area contributed by atoms with Crippen LogP contribution in [0.5, 0.6) is 0 Å². The van der Waals surface area contributed by atoms with Crippen LogP contribution in [0.25, 0.3) is 11.0 Å². The van der Waals surface area contributed by atoms with E-state index in [2.05, 4.69) is 19.9 Å². The normalized spacial score (nSPS) is 25.0. The number of aliphatic hydroxyl groups excluding tert-OH is 1. The summed E-state index contributed by atoms with van der Waals surface area (Å²) in [5.74, 6) is 0.298. The molecule has 3 rings (SSSR count). The molecule has 0 saturated carbocycles. The molecule has 1 fully saturated rings. The first-order valence-electron chi connectivity index (χ1n) is 6.09. The first-order valence-corrected chi connectivity index (χ1v) is 6.09. The Bertz CT molecular complexity index is 608. The molecular weight excluding hydrogens is 232 g/mol. The smallest absolute Gasteiger partial charge is 0.275 e. The highest BCUT2D eigenvalue weighted by Gasteiger charge is 2.28. The van der Waals surface area contributed by atoms with Gasteiger partial charge in [0.2, 0.25) is 0 Å². The molecule has 96 valence electrons. The third-order valence-corrected chi connectivity index (χ3v) is 3.59. The molecule has 0 unspecified atom stereocenters. The third-order valence-electron chi connectivity index (χ3n) is 3.59. The average Bonchev–Trinajstić information content (AvgIpc) is 2.86. The Morgan fingerprint density at radius 3 is 3.06 bits per heavy atom. The van der Waals surface area contributed by atoms with Crippen molar-refractivity contribution >= 4 is 11.0 Å². The standard InChI is InChI=1S/C12H16N4O2/c1-7-3-16(5-9(7)17)4-8-2-13-11-10(8)14-6-15-12(11)18/h2,6-7,9,13,17H,3-5H2,1H3,(H,14,15,18)/t7-,9-/m1/s1.